The lowest BCUT2D eigenvalue weighted by molar-refractivity contribution is -0.0410. The maximum atomic E-state index is 5.32. The van der Waals surface area contributed by atoms with Crippen molar-refractivity contribution in [3.05, 3.63) is 294 Å². The Bertz CT molecular complexity index is 4880. The molecule has 2 heterocycles. The predicted octanol–water partition coefficient (Wildman–Crippen LogP) is 20.3. The molecular weight excluding hydrogens is 1010 g/mol. The minimum absolute atomic E-state index is 0.0700. The highest BCUT2D eigenvalue weighted by molar-refractivity contribution is 6.10. The molecule has 0 aliphatic heterocycles. The first kappa shape index (κ1) is 47.2. The maximum Gasteiger partial charge on any atom is 0.145 e. The van der Waals surface area contributed by atoms with Crippen molar-refractivity contribution in [2.24, 2.45) is 5.92 Å². The second-order valence-corrected chi connectivity index (χ2v) is 25.9. The Morgan fingerprint density at radius 2 is 0.833 bits per heavy atom. The van der Waals surface area contributed by atoms with Crippen LogP contribution in [0.3, 0.4) is 0 Å². The van der Waals surface area contributed by atoms with E-state index in [1.54, 1.807) is 27.8 Å². The minimum atomic E-state index is -0.152. The average molecular weight is 1080 g/mol. The zero-order chi connectivity index (χ0) is 54.9. The van der Waals surface area contributed by atoms with Gasteiger partial charge in [-0.25, -0.2) is 4.98 Å². The lowest BCUT2D eigenvalue weighted by Crippen LogP contribution is -2.64. The fourth-order valence-electron chi connectivity index (χ4n) is 19.6. The van der Waals surface area contributed by atoms with E-state index in [1.165, 1.54) is 97.6 Å². The van der Waals surface area contributed by atoms with Crippen molar-refractivity contribution in [3.8, 4) is 67.3 Å². The Morgan fingerprint density at radius 3 is 1.57 bits per heavy atom. The van der Waals surface area contributed by atoms with E-state index in [0.717, 1.165) is 53.1 Å². The SMILES string of the molecule is c1ccc(-n2c(-c3ccc4c5ccccc5n(-c5ccc(-c6cccc7c6-c6ccccc6C6CC89CC(CCC%10%11CC(CC7(C6)C%108)c6ccccc6-c6ccccc6%11)c6ccccc6-c6ccccc69)cc5)c4c3)nc3ccccc32)cc1. The van der Waals surface area contributed by atoms with Crippen LogP contribution in [0.25, 0.3) is 100 Å². The summed E-state index contributed by atoms with van der Waals surface area (Å²) in [4.78, 5) is 5.32. The topological polar surface area (TPSA) is 22.8 Å². The predicted molar refractivity (Wildman–Crippen MR) is 345 cm³/mol. The Morgan fingerprint density at radius 1 is 0.333 bits per heavy atom. The largest absolute Gasteiger partial charge is 0.309 e. The third-order valence-corrected chi connectivity index (χ3v) is 22.2. The van der Waals surface area contributed by atoms with E-state index in [9.17, 15) is 0 Å². The zero-order valence-corrected chi connectivity index (χ0v) is 46.9. The number of benzene rings is 11. The van der Waals surface area contributed by atoms with Crippen LogP contribution in [0.4, 0.5) is 0 Å². The molecule has 6 aliphatic rings. The van der Waals surface area contributed by atoms with Crippen molar-refractivity contribution < 1.29 is 0 Å². The van der Waals surface area contributed by atoms with Crippen LogP contribution in [0.15, 0.2) is 261 Å². The maximum absolute atomic E-state index is 5.32. The Hall–Kier alpha value is -9.31. The van der Waals surface area contributed by atoms with Gasteiger partial charge in [0.25, 0.3) is 0 Å². The molecule has 19 rings (SSSR count). The molecule has 3 heteroatoms. The first-order valence-corrected chi connectivity index (χ1v) is 30.8. The van der Waals surface area contributed by atoms with Crippen LogP contribution in [0, 0.1) is 5.92 Å². The van der Waals surface area contributed by atoms with Crippen molar-refractivity contribution in [1.82, 2.24) is 14.1 Å². The van der Waals surface area contributed by atoms with E-state index in [4.69, 9.17) is 4.98 Å². The molecule has 6 bridgehead atoms. The number of hydrogen-bond donors (Lipinski definition) is 0. The first-order valence-electron chi connectivity index (χ1n) is 30.8. The lowest BCUT2D eigenvalue weighted by Gasteiger charge is -2.67. The summed E-state index contributed by atoms with van der Waals surface area (Å²) < 4.78 is 4.79. The third kappa shape index (κ3) is 6.29. The minimum Gasteiger partial charge on any atom is -0.309 e. The summed E-state index contributed by atoms with van der Waals surface area (Å²) in [5, 5.41) is 2.48. The van der Waals surface area contributed by atoms with Gasteiger partial charge in [-0.05, 0) is 195 Å². The zero-order valence-electron chi connectivity index (χ0n) is 46.9. The molecule has 2 aromatic heterocycles. The summed E-state index contributed by atoms with van der Waals surface area (Å²) in [7, 11) is 0. The van der Waals surface area contributed by atoms with E-state index in [1.807, 2.05) is 0 Å². The standard InChI is InChI=1S/C81H61N3/c1-2-19-56(20-3-1)84-74-36-17-15-34-72(74)82-77(84)52-39-42-67-66-28-12-16-35-73(66)83(75(67)45-52)57-40-37-51(38-41-57)61-30-18-33-71-76(61)68-29-9-6-23-60(68)55-48-80-46-53(58-21-4-7-24-62(58)65-27-11-14-32-70(65)80)43-44-79-47-54(49-81(71,50-55)78(79)80)59-22-5-8-25-63(59)64-26-10-13-31-69(64)79/h1-42,45,53-55,78H,43-44,46-50H2. The molecule has 6 aliphatic carbocycles. The highest BCUT2D eigenvalue weighted by Crippen LogP contribution is 2.78. The van der Waals surface area contributed by atoms with Crippen LogP contribution in [0.5, 0.6) is 0 Å². The molecule has 7 unspecified atom stereocenters. The van der Waals surface area contributed by atoms with E-state index < -0.39 is 0 Å². The van der Waals surface area contributed by atoms with Gasteiger partial charge in [-0.3, -0.25) is 4.57 Å². The van der Waals surface area contributed by atoms with Gasteiger partial charge in [0, 0.05) is 44.0 Å². The monoisotopic (exact) mass is 1080 g/mol. The molecule has 3 nitrogen and oxygen atoms in total. The van der Waals surface area contributed by atoms with E-state index in [-0.39, 0.29) is 16.2 Å². The van der Waals surface area contributed by atoms with Gasteiger partial charge in [0.2, 0.25) is 0 Å². The van der Waals surface area contributed by atoms with Crippen LogP contribution in [0.2, 0.25) is 0 Å². The highest BCUT2D eigenvalue weighted by atomic mass is 15.1. The van der Waals surface area contributed by atoms with Gasteiger partial charge in [-0.15, -0.1) is 0 Å². The molecule has 3 saturated carbocycles. The molecule has 0 N–H and O–H groups in total. The molecule has 0 saturated heterocycles. The third-order valence-electron chi connectivity index (χ3n) is 22.2. The summed E-state index contributed by atoms with van der Waals surface area (Å²) in [6.07, 6.45) is 8.21. The second-order valence-electron chi connectivity index (χ2n) is 25.9. The van der Waals surface area contributed by atoms with E-state index >= 15 is 0 Å². The van der Waals surface area contributed by atoms with Gasteiger partial charge in [0.05, 0.1) is 22.1 Å². The molecule has 13 aromatic rings. The van der Waals surface area contributed by atoms with Crippen molar-refractivity contribution in [2.45, 2.75) is 78.9 Å². The molecule has 3 fully saturated rings. The summed E-state index contributed by atoms with van der Waals surface area (Å²) in [6.45, 7) is 0. The Kier molecular flexibility index (Phi) is 9.77. The molecule has 0 radical (unpaired) electrons. The van der Waals surface area contributed by atoms with Crippen LogP contribution in [-0.2, 0) is 16.2 Å². The number of aromatic nitrogens is 3. The van der Waals surface area contributed by atoms with Gasteiger partial charge in [-0.2, -0.15) is 0 Å². The fraction of sp³-hybridized carbons (Fsp3) is 0.173. The molecule has 84 heavy (non-hydrogen) atoms. The second kappa shape index (κ2) is 17.4. The van der Waals surface area contributed by atoms with Gasteiger partial charge in [-0.1, -0.05) is 212 Å². The Balaban J connectivity index is 0.836. The van der Waals surface area contributed by atoms with Gasteiger partial charge in [0.1, 0.15) is 5.82 Å². The number of hydrogen-bond acceptors (Lipinski definition) is 1. The number of rotatable bonds is 4. The van der Waals surface area contributed by atoms with Gasteiger partial charge < -0.3 is 4.57 Å². The molecule has 7 atom stereocenters. The van der Waals surface area contributed by atoms with Crippen molar-refractivity contribution in [1.29, 1.82) is 0 Å². The van der Waals surface area contributed by atoms with Crippen molar-refractivity contribution in [2.75, 3.05) is 0 Å². The summed E-state index contributed by atoms with van der Waals surface area (Å²) >= 11 is 0. The van der Waals surface area contributed by atoms with Crippen LogP contribution < -0.4 is 0 Å². The van der Waals surface area contributed by atoms with Crippen LogP contribution >= 0.6 is 0 Å². The molecule has 400 valence electrons. The number of imidazole rings is 1. The lowest BCUT2D eigenvalue weighted by atomic mass is 9.36. The summed E-state index contributed by atoms with van der Waals surface area (Å²) in [5.41, 5.74) is 28.3. The highest BCUT2D eigenvalue weighted by Gasteiger charge is 2.71. The molecule has 0 amide bonds. The number of nitrogens with zero attached hydrogens (tertiary/aromatic N) is 3. The molecule has 3 spiro atoms. The Labute approximate surface area is 490 Å². The molecule has 11 aromatic carbocycles. The van der Waals surface area contributed by atoms with E-state index in [2.05, 4.69) is 270 Å². The fourth-order valence-corrected chi connectivity index (χ4v) is 19.6. The van der Waals surface area contributed by atoms with Crippen molar-refractivity contribution >= 4 is 32.8 Å². The number of para-hydroxylation sites is 4. The quantitative estimate of drug-likeness (QED) is 0.172. The summed E-state index contributed by atoms with van der Waals surface area (Å²) in [6, 6.07) is 101. The van der Waals surface area contributed by atoms with Gasteiger partial charge >= 0.3 is 0 Å². The summed E-state index contributed by atoms with van der Waals surface area (Å²) in [5.74, 6) is 2.53. The normalized spacial score (nSPS) is 23.8. The van der Waals surface area contributed by atoms with E-state index in [0.29, 0.717) is 23.7 Å². The van der Waals surface area contributed by atoms with Gasteiger partial charge in [0.15, 0.2) is 0 Å². The van der Waals surface area contributed by atoms with Crippen LogP contribution in [0.1, 0.15) is 96.1 Å². The smallest absolute Gasteiger partial charge is 0.145 e. The first-order chi connectivity index (χ1) is 41.6. The van der Waals surface area contributed by atoms with Crippen molar-refractivity contribution in [3.63, 3.8) is 0 Å². The average Bonchev–Trinajstić information content (AvgIpc) is 1.51. The van der Waals surface area contributed by atoms with Crippen LogP contribution in [-0.4, -0.2) is 14.1 Å². The molecular formula is C81H61N3. The number of fused-ring (bicyclic) bond motifs is 19.